The lowest BCUT2D eigenvalue weighted by atomic mass is 10.00. The van der Waals surface area contributed by atoms with E-state index >= 15 is 0 Å². The normalized spacial score (nSPS) is 22.3. The molecule has 0 bridgehead atoms. The fourth-order valence-electron chi connectivity index (χ4n) is 2.29. The first kappa shape index (κ1) is 13.9. The first-order chi connectivity index (χ1) is 8.72. The van der Waals surface area contributed by atoms with Gasteiger partial charge in [0, 0.05) is 17.5 Å². The van der Waals surface area contributed by atoms with Gasteiger partial charge in [-0.05, 0) is 29.7 Å². The van der Waals surface area contributed by atoms with Crippen LogP contribution in [0, 0.1) is 5.92 Å². The summed E-state index contributed by atoms with van der Waals surface area (Å²) in [6.07, 6.45) is 1.94. The molecule has 0 saturated heterocycles. The number of rotatable bonds is 5. The summed E-state index contributed by atoms with van der Waals surface area (Å²) >= 11 is 1.94. The van der Waals surface area contributed by atoms with E-state index in [-0.39, 0.29) is 6.10 Å². The molecule has 0 fully saturated rings. The van der Waals surface area contributed by atoms with Crippen molar-refractivity contribution in [3.63, 3.8) is 0 Å². The molecule has 0 radical (unpaired) electrons. The average Bonchev–Trinajstić information content (AvgIpc) is 2.43. The van der Waals surface area contributed by atoms with E-state index in [0.717, 1.165) is 18.6 Å². The number of benzene rings is 1. The van der Waals surface area contributed by atoms with Gasteiger partial charge in [0.05, 0.1) is 6.10 Å². The molecule has 1 heterocycles. The Morgan fingerprint density at radius 1 is 1.44 bits per heavy atom. The number of hydrogen-bond acceptors (Lipinski definition) is 3. The van der Waals surface area contributed by atoms with Gasteiger partial charge in [-0.2, -0.15) is 0 Å². The molecule has 3 heteroatoms. The first-order valence-electron chi connectivity index (χ1n) is 6.85. The molecule has 1 aliphatic rings. The van der Waals surface area contributed by atoms with Crippen molar-refractivity contribution in [1.29, 1.82) is 0 Å². The number of fused-ring (bicyclic) bond motifs is 1. The number of aliphatic hydroxyl groups is 1. The zero-order valence-corrected chi connectivity index (χ0v) is 12.0. The summed E-state index contributed by atoms with van der Waals surface area (Å²) in [7, 11) is 0. The van der Waals surface area contributed by atoms with Gasteiger partial charge < -0.3 is 10.4 Å². The monoisotopic (exact) mass is 265 g/mol. The maximum atomic E-state index is 10.0. The van der Waals surface area contributed by atoms with Crippen LogP contribution in [0.4, 0.5) is 0 Å². The standard InChI is InChI=1S/C15H23NOS/c1-3-11(2)14(17)10-16-13-8-9-18-15-7-5-4-6-12(13)15/h4-7,11,13-14,16-17H,3,8-10H2,1-2H3. The van der Waals surface area contributed by atoms with Crippen molar-refractivity contribution in [3.05, 3.63) is 29.8 Å². The molecule has 0 spiro atoms. The fraction of sp³-hybridized carbons (Fsp3) is 0.600. The summed E-state index contributed by atoms with van der Waals surface area (Å²) in [5.74, 6) is 1.53. The average molecular weight is 265 g/mol. The van der Waals surface area contributed by atoms with Crippen molar-refractivity contribution >= 4 is 11.8 Å². The molecule has 1 aliphatic heterocycles. The van der Waals surface area contributed by atoms with E-state index in [4.69, 9.17) is 0 Å². The summed E-state index contributed by atoms with van der Waals surface area (Å²) in [6, 6.07) is 9.00. The topological polar surface area (TPSA) is 32.3 Å². The van der Waals surface area contributed by atoms with Crippen LogP contribution in [0.2, 0.25) is 0 Å². The summed E-state index contributed by atoms with van der Waals surface area (Å²) in [5.41, 5.74) is 1.39. The Kier molecular flexibility index (Phi) is 5.10. The van der Waals surface area contributed by atoms with Crippen molar-refractivity contribution in [1.82, 2.24) is 5.32 Å². The van der Waals surface area contributed by atoms with E-state index in [0.29, 0.717) is 18.5 Å². The van der Waals surface area contributed by atoms with Crippen LogP contribution >= 0.6 is 11.8 Å². The molecule has 3 unspecified atom stereocenters. The maximum absolute atomic E-state index is 10.0. The van der Waals surface area contributed by atoms with Gasteiger partial charge in [-0.25, -0.2) is 0 Å². The molecule has 0 amide bonds. The molecule has 1 aromatic rings. The summed E-state index contributed by atoms with van der Waals surface area (Å²) in [6.45, 7) is 4.93. The molecule has 0 saturated carbocycles. The number of thioether (sulfide) groups is 1. The quantitative estimate of drug-likeness (QED) is 0.857. The van der Waals surface area contributed by atoms with Gasteiger partial charge in [-0.15, -0.1) is 11.8 Å². The van der Waals surface area contributed by atoms with Crippen molar-refractivity contribution in [2.24, 2.45) is 5.92 Å². The molecule has 18 heavy (non-hydrogen) atoms. The molecular formula is C15H23NOS. The van der Waals surface area contributed by atoms with Crippen LogP contribution in [0.25, 0.3) is 0 Å². The summed E-state index contributed by atoms with van der Waals surface area (Å²) in [4.78, 5) is 1.39. The fourth-order valence-corrected chi connectivity index (χ4v) is 3.42. The summed E-state index contributed by atoms with van der Waals surface area (Å²) < 4.78 is 0. The van der Waals surface area contributed by atoms with E-state index in [1.807, 2.05) is 11.8 Å². The van der Waals surface area contributed by atoms with Crippen molar-refractivity contribution < 1.29 is 5.11 Å². The Morgan fingerprint density at radius 3 is 3.00 bits per heavy atom. The molecule has 2 N–H and O–H groups in total. The second-order valence-corrected chi connectivity index (χ2v) is 6.23. The largest absolute Gasteiger partial charge is 0.392 e. The molecule has 3 atom stereocenters. The Labute approximate surface area is 114 Å². The first-order valence-corrected chi connectivity index (χ1v) is 7.84. The molecule has 1 aromatic carbocycles. The number of nitrogens with one attached hydrogen (secondary N) is 1. The SMILES string of the molecule is CCC(C)C(O)CNC1CCSc2ccccc21. The van der Waals surface area contributed by atoms with Crippen LogP contribution in [0.1, 0.15) is 38.3 Å². The lowest BCUT2D eigenvalue weighted by molar-refractivity contribution is 0.109. The highest BCUT2D eigenvalue weighted by molar-refractivity contribution is 7.99. The molecule has 2 rings (SSSR count). The van der Waals surface area contributed by atoms with Crippen LogP contribution in [0.15, 0.2) is 29.2 Å². The van der Waals surface area contributed by atoms with Gasteiger partial charge in [0.15, 0.2) is 0 Å². The zero-order chi connectivity index (χ0) is 13.0. The van der Waals surface area contributed by atoms with Gasteiger partial charge >= 0.3 is 0 Å². The van der Waals surface area contributed by atoms with Crippen LogP contribution in [0.3, 0.4) is 0 Å². The van der Waals surface area contributed by atoms with Crippen LogP contribution in [0.5, 0.6) is 0 Å². The predicted octanol–water partition coefficient (Wildman–Crippen LogP) is 3.22. The van der Waals surface area contributed by atoms with Crippen LogP contribution in [-0.4, -0.2) is 23.5 Å². The number of hydrogen-bond donors (Lipinski definition) is 2. The second-order valence-electron chi connectivity index (χ2n) is 5.09. The second kappa shape index (κ2) is 6.60. The molecule has 0 aromatic heterocycles. The third-order valence-corrected chi connectivity index (χ3v) is 4.96. The predicted molar refractivity (Wildman–Crippen MR) is 78.0 cm³/mol. The van der Waals surface area contributed by atoms with Gasteiger partial charge in [0.1, 0.15) is 0 Å². The molecule has 2 nitrogen and oxygen atoms in total. The van der Waals surface area contributed by atoms with E-state index in [2.05, 4.69) is 43.4 Å². The lowest BCUT2D eigenvalue weighted by Crippen LogP contribution is -2.35. The highest BCUT2D eigenvalue weighted by Gasteiger charge is 2.21. The minimum absolute atomic E-state index is 0.239. The smallest absolute Gasteiger partial charge is 0.0690 e. The number of aliphatic hydroxyl groups excluding tert-OH is 1. The van der Waals surface area contributed by atoms with Gasteiger partial charge in [0.2, 0.25) is 0 Å². The highest BCUT2D eigenvalue weighted by atomic mass is 32.2. The van der Waals surface area contributed by atoms with Crippen molar-refractivity contribution in [2.75, 3.05) is 12.3 Å². The van der Waals surface area contributed by atoms with E-state index in [1.165, 1.54) is 10.5 Å². The third kappa shape index (κ3) is 3.28. The third-order valence-electron chi connectivity index (χ3n) is 3.83. The van der Waals surface area contributed by atoms with Crippen LogP contribution in [-0.2, 0) is 0 Å². The maximum Gasteiger partial charge on any atom is 0.0690 e. The van der Waals surface area contributed by atoms with Crippen molar-refractivity contribution in [3.8, 4) is 0 Å². The Balaban J connectivity index is 1.95. The Hall–Kier alpha value is -0.510. The minimum atomic E-state index is -0.239. The molecular weight excluding hydrogens is 242 g/mol. The van der Waals surface area contributed by atoms with E-state index in [9.17, 15) is 5.11 Å². The lowest BCUT2D eigenvalue weighted by Gasteiger charge is -2.28. The minimum Gasteiger partial charge on any atom is -0.392 e. The van der Waals surface area contributed by atoms with Gasteiger partial charge in [0.25, 0.3) is 0 Å². The molecule has 100 valence electrons. The van der Waals surface area contributed by atoms with Crippen LogP contribution < -0.4 is 5.32 Å². The Morgan fingerprint density at radius 2 is 2.22 bits per heavy atom. The Bertz CT molecular complexity index is 383. The highest BCUT2D eigenvalue weighted by Crippen LogP contribution is 2.35. The zero-order valence-electron chi connectivity index (χ0n) is 11.2. The van der Waals surface area contributed by atoms with E-state index < -0.39 is 0 Å². The summed E-state index contributed by atoms with van der Waals surface area (Å²) in [5, 5.41) is 13.6. The molecule has 0 aliphatic carbocycles. The van der Waals surface area contributed by atoms with Gasteiger partial charge in [-0.3, -0.25) is 0 Å². The van der Waals surface area contributed by atoms with E-state index in [1.54, 1.807) is 0 Å². The van der Waals surface area contributed by atoms with Crippen molar-refractivity contribution in [2.45, 2.75) is 43.7 Å². The van der Waals surface area contributed by atoms with Gasteiger partial charge in [-0.1, -0.05) is 38.5 Å².